The smallest absolute Gasteiger partial charge is 0.185 e. The van der Waals surface area contributed by atoms with Gasteiger partial charge in [0.2, 0.25) is 0 Å². The zero-order chi connectivity index (χ0) is 46.8. The Hall–Kier alpha value is -9.41. The van der Waals surface area contributed by atoms with E-state index < -0.39 is 8.07 Å². The Kier molecular flexibility index (Phi) is 8.38. The van der Waals surface area contributed by atoms with Crippen molar-refractivity contribution in [1.82, 2.24) is 19.1 Å². The van der Waals surface area contributed by atoms with Crippen molar-refractivity contribution < 1.29 is 0 Å². The maximum Gasteiger partial charge on any atom is 0.185 e. The molecule has 0 fully saturated rings. The van der Waals surface area contributed by atoms with E-state index >= 15 is 0 Å². The Morgan fingerprint density at radius 1 is 0.366 bits per heavy atom. The lowest BCUT2D eigenvalue weighted by Gasteiger charge is -2.27. The van der Waals surface area contributed by atoms with Gasteiger partial charge in [0.1, 0.15) is 11.6 Å². The zero-order valence-electron chi connectivity index (χ0n) is 38.3. The van der Waals surface area contributed by atoms with E-state index in [1.807, 2.05) is 6.20 Å². The number of benzene rings is 9. The summed E-state index contributed by atoms with van der Waals surface area (Å²) in [5, 5.41) is 21.5. The fraction of sp³-hybridized carbons (Fsp3) is 0. The van der Waals surface area contributed by atoms with Gasteiger partial charge in [0.15, 0.2) is 8.07 Å². The van der Waals surface area contributed by atoms with Crippen molar-refractivity contribution >= 4 is 72.4 Å². The molecular formula is C65H39N5Si. The number of fused-ring (bicyclic) bond motifs is 16. The third-order valence-corrected chi connectivity index (χ3v) is 20.1. The number of hydrogen-bond donors (Lipinski definition) is 0. The molecule has 0 bridgehead atoms. The van der Waals surface area contributed by atoms with Crippen molar-refractivity contribution in [3.05, 3.63) is 242 Å². The highest BCUT2D eigenvalue weighted by molar-refractivity contribution is 7.24. The Balaban J connectivity index is 1.03. The number of nitriles is 1. The highest BCUT2D eigenvalue weighted by atomic mass is 28.3. The van der Waals surface area contributed by atoms with Crippen LogP contribution < -0.4 is 20.7 Å². The van der Waals surface area contributed by atoms with Gasteiger partial charge in [-0.1, -0.05) is 170 Å². The maximum absolute atomic E-state index is 11.8. The van der Waals surface area contributed by atoms with Crippen molar-refractivity contribution in [2.45, 2.75) is 0 Å². The molecule has 0 radical (unpaired) electrons. The first-order valence-corrected chi connectivity index (χ1v) is 26.1. The zero-order valence-corrected chi connectivity index (χ0v) is 39.3. The van der Waals surface area contributed by atoms with E-state index in [1.165, 1.54) is 31.9 Å². The molecule has 0 unspecified atom stereocenters. The molecule has 6 heteroatoms. The number of pyridine rings is 2. The van der Waals surface area contributed by atoms with E-state index in [4.69, 9.17) is 9.97 Å². The van der Waals surface area contributed by atoms with Gasteiger partial charge in [-0.05, 0) is 115 Å². The molecule has 71 heavy (non-hydrogen) atoms. The molecule has 2 aliphatic rings. The van der Waals surface area contributed by atoms with Crippen molar-refractivity contribution in [1.29, 1.82) is 5.26 Å². The van der Waals surface area contributed by atoms with Gasteiger partial charge in [0.05, 0.1) is 50.5 Å². The number of hydrogen-bond acceptors (Lipinski definition) is 3. The van der Waals surface area contributed by atoms with Crippen LogP contribution in [0.3, 0.4) is 0 Å². The average molecular weight is 918 g/mol. The second-order valence-corrected chi connectivity index (χ2v) is 22.4. The molecule has 1 spiro atoms. The van der Waals surface area contributed by atoms with Gasteiger partial charge >= 0.3 is 0 Å². The predicted molar refractivity (Wildman–Crippen MR) is 293 cm³/mol. The second kappa shape index (κ2) is 15.0. The summed E-state index contributed by atoms with van der Waals surface area (Å²) >= 11 is 0. The average Bonchev–Trinajstić information content (AvgIpc) is 4.15. The van der Waals surface area contributed by atoms with Crippen LogP contribution >= 0.6 is 0 Å². The molecule has 0 amide bonds. The minimum absolute atomic E-state index is 0.567. The van der Waals surface area contributed by atoms with Crippen LogP contribution in [0.2, 0.25) is 0 Å². The SMILES string of the molecule is N#Cc1c(-n2c3ccccc3c3cc(-c4ccccc4)ccc32)cc(-c2ccc3c(n2)-c2ncccc2[Si]32c3ccccc3-c3ccccc32)cc1-n1c2ccccc2c2cc(-c3ccccc3)ccc21. The molecule has 0 saturated carbocycles. The van der Waals surface area contributed by atoms with Gasteiger partial charge in [-0.25, -0.2) is 4.98 Å². The molecule has 328 valence electrons. The molecule has 5 nitrogen and oxygen atoms in total. The van der Waals surface area contributed by atoms with Gasteiger partial charge in [0.25, 0.3) is 0 Å². The van der Waals surface area contributed by atoms with Crippen LogP contribution in [0.25, 0.3) is 111 Å². The standard InChI is InChI=1S/C65H39N5Si/c66-40-52-58(69-54-24-11-7-20-46(54)50-36-43(29-32-56(50)69)41-16-3-1-4-17-41)38-45(39-59(52)70-55-25-12-8-21-47(55)51-37-44(30-33-57(51)70)42-18-5-2-6-19-42)53-31-34-63-65(68-53)64-62(28-15-35-67-64)71(63)60-26-13-9-22-48(60)49-23-10-14-27-61(49)71/h1-39H. The quantitative estimate of drug-likeness (QED) is 0.162. The molecule has 0 aliphatic carbocycles. The summed E-state index contributed by atoms with van der Waals surface area (Å²) in [7, 11) is -2.76. The molecule has 13 aromatic rings. The third kappa shape index (κ3) is 5.49. The van der Waals surface area contributed by atoms with Crippen LogP contribution in [-0.2, 0) is 0 Å². The Morgan fingerprint density at radius 2 is 0.845 bits per heavy atom. The molecule has 4 aromatic heterocycles. The lowest BCUT2D eigenvalue weighted by Crippen LogP contribution is -2.70. The molecule has 15 rings (SSSR count). The highest BCUT2D eigenvalue weighted by Gasteiger charge is 2.55. The summed E-state index contributed by atoms with van der Waals surface area (Å²) in [6.07, 6.45) is 1.91. The molecule has 0 saturated heterocycles. The monoisotopic (exact) mass is 917 g/mol. The summed E-state index contributed by atoms with van der Waals surface area (Å²) in [5.41, 5.74) is 17.0. The molecule has 0 atom stereocenters. The van der Waals surface area contributed by atoms with E-state index in [0.29, 0.717) is 5.56 Å². The normalized spacial score (nSPS) is 12.9. The van der Waals surface area contributed by atoms with Crippen molar-refractivity contribution in [3.8, 4) is 73.5 Å². The lowest BCUT2D eigenvalue weighted by atomic mass is 10.0. The number of para-hydroxylation sites is 2. The van der Waals surface area contributed by atoms with Gasteiger partial charge in [-0.3, -0.25) is 4.98 Å². The molecule has 2 aliphatic heterocycles. The fourth-order valence-electron chi connectivity index (χ4n) is 12.3. The van der Waals surface area contributed by atoms with Crippen LogP contribution in [-0.4, -0.2) is 27.2 Å². The van der Waals surface area contributed by atoms with Crippen LogP contribution in [0.5, 0.6) is 0 Å². The van der Waals surface area contributed by atoms with Crippen LogP contribution in [0.15, 0.2) is 237 Å². The summed E-state index contributed by atoms with van der Waals surface area (Å²) in [5.74, 6) is 0. The summed E-state index contributed by atoms with van der Waals surface area (Å²) < 4.78 is 4.59. The van der Waals surface area contributed by atoms with E-state index in [-0.39, 0.29) is 0 Å². The van der Waals surface area contributed by atoms with Crippen molar-refractivity contribution in [2.24, 2.45) is 0 Å². The Bertz CT molecular complexity index is 4200. The topological polar surface area (TPSA) is 59.4 Å². The minimum atomic E-state index is -2.76. The van der Waals surface area contributed by atoms with E-state index in [1.54, 1.807) is 0 Å². The Labute approximate surface area is 410 Å². The van der Waals surface area contributed by atoms with Crippen LogP contribution in [0, 0.1) is 11.3 Å². The largest absolute Gasteiger partial charge is 0.308 e. The molecule has 0 N–H and O–H groups in total. The van der Waals surface area contributed by atoms with E-state index in [2.05, 4.69) is 246 Å². The van der Waals surface area contributed by atoms with E-state index in [0.717, 1.165) is 99.9 Å². The highest BCUT2D eigenvalue weighted by Crippen LogP contribution is 2.43. The minimum Gasteiger partial charge on any atom is -0.308 e. The first-order chi connectivity index (χ1) is 35.2. The number of rotatable bonds is 5. The van der Waals surface area contributed by atoms with Crippen molar-refractivity contribution in [2.75, 3.05) is 0 Å². The van der Waals surface area contributed by atoms with Gasteiger partial charge in [0, 0.05) is 33.3 Å². The van der Waals surface area contributed by atoms with Crippen LogP contribution in [0.4, 0.5) is 0 Å². The van der Waals surface area contributed by atoms with Crippen molar-refractivity contribution in [3.63, 3.8) is 0 Å². The van der Waals surface area contributed by atoms with E-state index in [9.17, 15) is 5.26 Å². The summed E-state index contributed by atoms with van der Waals surface area (Å²) in [6, 6.07) is 85.7. The fourth-order valence-corrected chi connectivity index (χ4v) is 17.7. The Morgan fingerprint density at radius 3 is 1.41 bits per heavy atom. The lowest BCUT2D eigenvalue weighted by molar-refractivity contribution is 1.12. The first-order valence-electron chi connectivity index (χ1n) is 24.1. The number of aromatic nitrogens is 4. The number of nitrogens with zero attached hydrogens (tertiary/aromatic N) is 5. The molecule has 6 heterocycles. The van der Waals surface area contributed by atoms with Gasteiger partial charge < -0.3 is 9.13 Å². The first kappa shape index (κ1) is 39.6. The van der Waals surface area contributed by atoms with Crippen LogP contribution in [0.1, 0.15) is 5.56 Å². The predicted octanol–water partition coefficient (Wildman–Crippen LogP) is 12.9. The summed E-state index contributed by atoms with van der Waals surface area (Å²) in [6.45, 7) is 0. The maximum atomic E-state index is 11.8. The second-order valence-electron chi connectivity index (χ2n) is 18.7. The van der Waals surface area contributed by atoms with Gasteiger partial charge in [-0.2, -0.15) is 5.26 Å². The summed E-state index contributed by atoms with van der Waals surface area (Å²) in [4.78, 5) is 10.9. The van der Waals surface area contributed by atoms with Gasteiger partial charge in [-0.15, -0.1) is 0 Å². The molecule has 9 aromatic carbocycles. The third-order valence-electron chi connectivity index (χ3n) is 15.2. The molecular weight excluding hydrogens is 879 g/mol.